The van der Waals surface area contributed by atoms with Crippen molar-refractivity contribution >= 4 is 33.8 Å². The number of likely N-dealkylation sites (tertiary alicyclic amines) is 1. The zero-order valence-corrected chi connectivity index (χ0v) is 30.2. The Labute approximate surface area is 272 Å². The van der Waals surface area contributed by atoms with Gasteiger partial charge in [0.25, 0.3) is 0 Å². The van der Waals surface area contributed by atoms with Crippen LogP contribution in [0.1, 0.15) is 61.6 Å². The Bertz CT molecular complexity index is 1440. The van der Waals surface area contributed by atoms with Crippen LogP contribution in [-0.4, -0.2) is 75.0 Å². The summed E-state index contributed by atoms with van der Waals surface area (Å²) >= 11 is -2.20. The number of piperidine rings is 1. The summed E-state index contributed by atoms with van der Waals surface area (Å²) in [6.45, 7) is 2.94. The Morgan fingerprint density at radius 2 is 1.71 bits per heavy atom. The molecule has 3 heterocycles. The third-order valence-electron chi connectivity index (χ3n) is 10.8. The molecule has 6 rings (SSSR count). The Hall–Kier alpha value is -2.72. The summed E-state index contributed by atoms with van der Waals surface area (Å²) in [5, 5.41) is 11.1. The summed E-state index contributed by atoms with van der Waals surface area (Å²) < 4.78 is 3.46. The van der Waals surface area contributed by atoms with Gasteiger partial charge in [0.1, 0.15) is 12.7 Å². The van der Waals surface area contributed by atoms with Gasteiger partial charge >= 0.3 is 196 Å². The number of hydrogen-bond donors (Lipinski definition) is 2. The van der Waals surface area contributed by atoms with Crippen LogP contribution in [0.3, 0.4) is 0 Å². The van der Waals surface area contributed by atoms with Crippen molar-refractivity contribution in [2.75, 3.05) is 13.1 Å². The second-order valence-corrected chi connectivity index (χ2v) is 29.2. The van der Waals surface area contributed by atoms with Crippen molar-refractivity contribution in [2.24, 2.45) is 11.3 Å². The SMILES string of the molecule is [CH3][Sn]([CH3])([CH3])[c]1ccc(C[C@@H](NC(=O)[C@H]2Cc3ccccc3CN2)C(=O)N2CCC(Cn3cncn3)(C3CCCCC3)CC2)cc1. The fraction of sp³-hybridized carbons (Fsp3) is 0.556. The van der Waals surface area contributed by atoms with Crippen molar-refractivity contribution in [3.63, 3.8) is 0 Å². The molecule has 2 aliphatic heterocycles. The van der Waals surface area contributed by atoms with Crippen molar-refractivity contribution in [3.05, 3.63) is 77.9 Å². The molecule has 3 aromatic rings. The summed E-state index contributed by atoms with van der Waals surface area (Å²) in [6, 6.07) is 16.2. The minimum atomic E-state index is -2.20. The quantitative estimate of drug-likeness (QED) is 0.320. The molecule has 1 saturated carbocycles. The predicted octanol–water partition coefficient (Wildman–Crippen LogP) is 4.45. The van der Waals surface area contributed by atoms with Gasteiger partial charge in [-0.2, -0.15) is 5.10 Å². The maximum absolute atomic E-state index is 14.3. The van der Waals surface area contributed by atoms with E-state index in [1.807, 2.05) is 28.0 Å². The molecule has 0 radical (unpaired) electrons. The molecule has 1 saturated heterocycles. The molecule has 2 N–H and O–H groups in total. The number of amides is 2. The van der Waals surface area contributed by atoms with Crippen molar-refractivity contribution in [3.8, 4) is 0 Å². The van der Waals surface area contributed by atoms with E-state index in [1.165, 1.54) is 46.8 Å². The maximum atomic E-state index is 14.3. The molecule has 0 bridgehead atoms. The first-order valence-corrected chi connectivity index (χ1v) is 27.0. The average molecular weight is 718 g/mol. The molecule has 45 heavy (non-hydrogen) atoms. The molecule has 2 atom stereocenters. The van der Waals surface area contributed by atoms with Crippen LogP contribution in [0.15, 0.2) is 61.2 Å². The van der Waals surface area contributed by atoms with Crippen molar-refractivity contribution < 1.29 is 9.59 Å². The molecule has 2 amide bonds. The van der Waals surface area contributed by atoms with Crippen LogP contribution in [0.25, 0.3) is 0 Å². The van der Waals surface area contributed by atoms with E-state index in [0.29, 0.717) is 38.4 Å². The van der Waals surface area contributed by atoms with Gasteiger partial charge < -0.3 is 0 Å². The van der Waals surface area contributed by atoms with Gasteiger partial charge in [0.2, 0.25) is 0 Å². The minimum absolute atomic E-state index is 0.0385. The number of nitrogens with zero attached hydrogens (tertiary/aromatic N) is 4. The molecule has 2 fully saturated rings. The monoisotopic (exact) mass is 718 g/mol. The molecular weight excluding hydrogens is 667 g/mol. The van der Waals surface area contributed by atoms with Gasteiger partial charge in [-0.3, -0.25) is 4.68 Å². The van der Waals surface area contributed by atoms with Crippen LogP contribution in [0.4, 0.5) is 0 Å². The normalized spacial score (nSPS) is 21.1. The number of rotatable bonds is 9. The fourth-order valence-corrected chi connectivity index (χ4v) is 11.3. The summed E-state index contributed by atoms with van der Waals surface area (Å²) in [7, 11) is 0. The van der Waals surface area contributed by atoms with Gasteiger partial charge in [0.15, 0.2) is 0 Å². The fourth-order valence-electron chi connectivity index (χ4n) is 7.93. The van der Waals surface area contributed by atoms with Crippen molar-refractivity contribution in [1.29, 1.82) is 0 Å². The second kappa shape index (κ2) is 14.0. The van der Waals surface area contributed by atoms with Gasteiger partial charge in [-0.1, -0.05) is 37.5 Å². The van der Waals surface area contributed by atoms with Gasteiger partial charge in [-0.25, -0.2) is 4.98 Å². The first kappa shape index (κ1) is 32.2. The van der Waals surface area contributed by atoms with Crippen LogP contribution in [-0.2, 0) is 35.5 Å². The summed E-state index contributed by atoms with van der Waals surface area (Å²) in [4.78, 5) is 41.5. The van der Waals surface area contributed by atoms with E-state index in [1.54, 1.807) is 6.33 Å². The molecule has 9 heteroatoms. The van der Waals surface area contributed by atoms with E-state index < -0.39 is 24.4 Å². The first-order chi connectivity index (χ1) is 21.7. The third-order valence-corrected chi connectivity index (χ3v) is 16.7. The average Bonchev–Trinajstić information content (AvgIpc) is 3.57. The Morgan fingerprint density at radius 1 is 1.00 bits per heavy atom. The van der Waals surface area contributed by atoms with Gasteiger partial charge in [0.05, 0.1) is 0 Å². The van der Waals surface area contributed by atoms with Gasteiger partial charge in [-0.05, 0) is 12.8 Å². The molecule has 240 valence electrons. The molecule has 1 aromatic heterocycles. The zero-order chi connectivity index (χ0) is 31.4. The van der Waals surface area contributed by atoms with Gasteiger partial charge in [0, 0.05) is 0 Å². The molecule has 8 nitrogen and oxygen atoms in total. The van der Waals surface area contributed by atoms with Crippen LogP contribution in [0, 0.1) is 11.3 Å². The second-order valence-electron chi connectivity index (χ2n) is 14.7. The Morgan fingerprint density at radius 3 is 2.38 bits per heavy atom. The van der Waals surface area contributed by atoms with Crippen LogP contribution >= 0.6 is 0 Å². The third kappa shape index (κ3) is 7.64. The van der Waals surface area contributed by atoms with E-state index in [-0.39, 0.29) is 23.3 Å². The molecular formula is C36H50N6O2Sn. The van der Waals surface area contributed by atoms with E-state index in [4.69, 9.17) is 0 Å². The Kier molecular flexibility index (Phi) is 9.99. The Balaban J connectivity index is 1.18. The number of benzene rings is 2. The summed E-state index contributed by atoms with van der Waals surface area (Å²) in [5.74, 6) is 0.594. The van der Waals surface area contributed by atoms with E-state index in [9.17, 15) is 9.59 Å². The number of nitrogens with one attached hydrogen (secondary N) is 2. The van der Waals surface area contributed by atoms with E-state index in [0.717, 1.165) is 24.9 Å². The number of hydrogen-bond acceptors (Lipinski definition) is 5. The molecule has 0 unspecified atom stereocenters. The van der Waals surface area contributed by atoms with Crippen LogP contribution < -0.4 is 14.2 Å². The summed E-state index contributed by atoms with van der Waals surface area (Å²) in [6.07, 6.45) is 12.9. The predicted molar refractivity (Wildman–Crippen MR) is 181 cm³/mol. The van der Waals surface area contributed by atoms with Gasteiger partial charge in [-0.15, -0.1) is 0 Å². The number of fused-ring (bicyclic) bond motifs is 1. The van der Waals surface area contributed by atoms with E-state index in [2.05, 4.69) is 71.9 Å². The zero-order valence-electron chi connectivity index (χ0n) is 27.3. The molecule has 0 spiro atoms. The number of carbonyl (C=O) groups is 2. The standard InChI is InChI=1S/C33H41N6O2.3CH3.Sn/c40-31(29-20-26-11-7-8-12-27(26)21-35-29)37-30(19-25-9-3-1-4-10-25)32(41)38-17-15-33(16-18-38,22-39-24-34-23-36-39)28-13-5-2-6-14-28;;;;/h3-4,7-12,23-24,28-30,35H,2,5-6,13-22H2,(H,37,40);3*1H3;/t29-,30-;;;;/m1..../s1. The number of carbonyl (C=O) groups excluding carboxylic acids is 2. The van der Waals surface area contributed by atoms with Crippen molar-refractivity contribution in [1.82, 2.24) is 30.3 Å². The van der Waals surface area contributed by atoms with Crippen molar-refractivity contribution in [2.45, 2.75) is 97.8 Å². The topological polar surface area (TPSA) is 92.2 Å². The van der Waals surface area contributed by atoms with E-state index >= 15 is 0 Å². The molecule has 3 aliphatic rings. The summed E-state index contributed by atoms with van der Waals surface area (Å²) in [5.41, 5.74) is 3.65. The molecule has 1 aliphatic carbocycles. The molecule has 2 aromatic carbocycles. The van der Waals surface area contributed by atoms with Crippen LogP contribution in [0.2, 0.25) is 14.8 Å². The first-order valence-electron chi connectivity index (χ1n) is 17.0. The number of aromatic nitrogens is 3. The van der Waals surface area contributed by atoms with Crippen LogP contribution in [0.5, 0.6) is 0 Å².